The summed E-state index contributed by atoms with van der Waals surface area (Å²) in [4.78, 5) is 0. The van der Waals surface area contributed by atoms with Crippen molar-refractivity contribution in [3.63, 3.8) is 0 Å². The van der Waals surface area contributed by atoms with Crippen LogP contribution in [0.25, 0.3) is 0 Å². The molecule has 0 aliphatic rings. The van der Waals surface area contributed by atoms with Crippen molar-refractivity contribution in [2.45, 2.75) is 13.3 Å². The van der Waals surface area contributed by atoms with Crippen LogP contribution in [0.15, 0.2) is 12.1 Å². The Morgan fingerprint density at radius 1 is 1.38 bits per heavy atom. The topological polar surface area (TPSA) is 9.23 Å². The summed E-state index contributed by atoms with van der Waals surface area (Å²) in [7, 11) is 0. The first-order valence-corrected chi connectivity index (χ1v) is 5.76. The van der Waals surface area contributed by atoms with Crippen molar-refractivity contribution in [1.29, 1.82) is 0 Å². The molecule has 4 heteroatoms. The molecule has 1 aromatic rings. The fourth-order valence-corrected chi connectivity index (χ4v) is 2.54. The smallest absolute Gasteiger partial charge is 0.151 e. The SMILES string of the molecule is CCCOc1c(Cl)cc(Cl)cc1I. The van der Waals surface area contributed by atoms with Crippen LogP contribution in [-0.4, -0.2) is 6.61 Å². The van der Waals surface area contributed by atoms with Crippen molar-refractivity contribution in [1.82, 2.24) is 0 Å². The van der Waals surface area contributed by atoms with Gasteiger partial charge in [-0.05, 0) is 41.1 Å². The van der Waals surface area contributed by atoms with Crippen LogP contribution in [0.2, 0.25) is 10.0 Å². The summed E-state index contributed by atoms with van der Waals surface area (Å²) in [5.74, 6) is 0.730. The zero-order chi connectivity index (χ0) is 9.84. The molecule has 0 saturated carbocycles. The number of hydrogen-bond donors (Lipinski definition) is 0. The van der Waals surface area contributed by atoms with Gasteiger partial charge in [0.25, 0.3) is 0 Å². The highest BCUT2D eigenvalue weighted by molar-refractivity contribution is 14.1. The average Bonchev–Trinajstić information content (AvgIpc) is 2.02. The molecule has 0 bridgehead atoms. The molecule has 0 aliphatic carbocycles. The summed E-state index contributed by atoms with van der Waals surface area (Å²) in [5.41, 5.74) is 0. The molecule has 0 aromatic heterocycles. The van der Waals surface area contributed by atoms with E-state index in [0.29, 0.717) is 16.7 Å². The van der Waals surface area contributed by atoms with E-state index in [0.717, 1.165) is 15.7 Å². The van der Waals surface area contributed by atoms with Gasteiger partial charge in [0.2, 0.25) is 0 Å². The Hall–Kier alpha value is 0.330. The van der Waals surface area contributed by atoms with Crippen LogP contribution in [-0.2, 0) is 0 Å². The minimum atomic E-state index is 0.574. The lowest BCUT2D eigenvalue weighted by atomic mass is 10.3. The fourth-order valence-electron chi connectivity index (χ4n) is 0.871. The summed E-state index contributed by atoms with van der Waals surface area (Å²) in [6, 6.07) is 3.52. The van der Waals surface area contributed by atoms with Gasteiger partial charge in [-0.1, -0.05) is 30.1 Å². The van der Waals surface area contributed by atoms with Crippen LogP contribution in [0.5, 0.6) is 5.75 Å². The van der Waals surface area contributed by atoms with Crippen molar-refractivity contribution < 1.29 is 4.74 Å². The largest absolute Gasteiger partial charge is 0.491 e. The molecule has 0 fully saturated rings. The lowest BCUT2D eigenvalue weighted by Crippen LogP contribution is -1.97. The number of hydrogen-bond acceptors (Lipinski definition) is 1. The standard InChI is InChI=1S/C9H9Cl2IO/c1-2-3-13-9-7(11)4-6(10)5-8(9)12/h4-5H,2-3H2,1H3. The van der Waals surface area contributed by atoms with Gasteiger partial charge in [0.15, 0.2) is 5.75 Å². The van der Waals surface area contributed by atoms with E-state index >= 15 is 0 Å². The van der Waals surface area contributed by atoms with E-state index in [1.807, 2.05) is 6.07 Å². The summed E-state index contributed by atoms with van der Waals surface area (Å²) in [6.45, 7) is 2.73. The van der Waals surface area contributed by atoms with Gasteiger partial charge in [-0.15, -0.1) is 0 Å². The van der Waals surface area contributed by atoms with E-state index in [9.17, 15) is 0 Å². The third kappa shape index (κ3) is 3.18. The number of rotatable bonds is 3. The average molecular weight is 331 g/mol. The molecule has 1 rings (SSSR count). The summed E-state index contributed by atoms with van der Waals surface area (Å²) >= 11 is 13.9. The Morgan fingerprint density at radius 2 is 2.08 bits per heavy atom. The molecule has 1 nitrogen and oxygen atoms in total. The third-order valence-electron chi connectivity index (χ3n) is 1.41. The maximum absolute atomic E-state index is 5.96. The van der Waals surface area contributed by atoms with Crippen LogP contribution in [0.1, 0.15) is 13.3 Å². The van der Waals surface area contributed by atoms with Crippen LogP contribution in [0.4, 0.5) is 0 Å². The lowest BCUT2D eigenvalue weighted by molar-refractivity contribution is 0.315. The Balaban J connectivity index is 2.92. The molecule has 0 aliphatic heterocycles. The van der Waals surface area contributed by atoms with Gasteiger partial charge in [0.1, 0.15) is 0 Å². The van der Waals surface area contributed by atoms with Crippen molar-refractivity contribution in [2.75, 3.05) is 6.61 Å². The summed E-state index contributed by atoms with van der Waals surface area (Å²) in [6.07, 6.45) is 0.967. The maximum atomic E-state index is 5.96. The highest BCUT2D eigenvalue weighted by Crippen LogP contribution is 2.33. The molecule has 0 radical (unpaired) electrons. The fraction of sp³-hybridized carbons (Fsp3) is 0.333. The molecule has 0 N–H and O–H groups in total. The normalized spacial score (nSPS) is 10.2. The van der Waals surface area contributed by atoms with E-state index in [1.54, 1.807) is 6.07 Å². The Labute approximate surface area is 102 Å². The molecular formula is C9H9Cl2IO. The minimum absolute atomic E-state index is 0.574. The van der Waals surface area contributed by atoms with E-state index < -0.39 is 0 Å². The van der Waals surface area contributed by atoms with Crippen LogP contribution >= 0.6 is 45.8 Å². The molecule has 72 valence electrons. The Bertz CT molecular complexity index is 279. The first-order chi connectivity index (χ1) is 6.15. The number of benzene rings is 1. The minimum Gasteiger partial charge on any atom is -0.491 e. The van der Waals surface area contributed by atoms with Crippen molar-refractivity contribution in [2.24, 2.45) is 0 Å². The van der Waals surface area contributed by atoms with Crippen LogP contribution in [0.3, 0.4) is 0 Å². The highest BCUT2D eigenvalue weighted by Gasteiger charge is 2.07. The van der Waals surface area contributed by atoms with Crippen molar-refractivity contribution in [3.05, 3.63) is 25.7 Å². The van der Waals surface area contributed by atoms with Gasteiger partial charge in [-0.2, -0.15) is 0 Å². The van der Waals surface area contributed by atoms with E-state index in [-0.39, 0.29) is 0 Å². The zero-order valence-corrected chi connectivity index (χ0v) is 10.8. The predicted octanol–water partition coefficient (Wildman–Crippen LogP) is 4.39. The van der Waals surface area contributed by atoms with E-state index in [2.05, 4.69) is 29.5 Å². The molecule has 0 spiro atoms. The molecular weight excluding hydrogens is 322 g/mol. The quantitative estimate of drug-likeness (QED) is 0.747. The predicted molar refractivity (Wildman–Crippen MR) is 65.0 cm³/mol. The third-order valence-corrected chi connectivity index (χ3v) is 2.71. The van der Waals surface area contributed by atoms with E-state index in [4.69, 9.17) is 27.9 Å². The molecule has 0 unspecified atom stereocenters. The summed E-state index contributed by atoms with van der Waals surface area (Å²) < 4.78 is 6.42. The Morgan fingerprint density at radius 3 is 2.62 bits per heavy atom. The van der Waals surface area contributed by atoms with E-state index in [1.165, 1.54) is 0 Å². The lowest BCUT2D eigenvalue weighted by Gasteiger charge is -2.09. The van der Waals surface area contributed by atoms with Gasteiger partial charge in [-0.25, -0.2) is 0 Å². The van der Waals surface area contributed by atoms with Crippen LogP contribution in [0, 0.1) is 3.57 Å². The van der Waals surface area contributed by atoms with Gasteiger partial charge < -0.3 is 4.74 Å². The monoisotopic (exact) mass is 330 g/mol. The van der Waals surface area contributed by atoms with Gasteiger partial charge >= 0.3 is 0 Å². The first kappa shape index (κ1) is 11.4. The molecule has 0 atom stereocenters. The van der Waals surface area contributed by atoms with Gasteiger partial charge in [-0.3, -0.25) is 0 Å². The second-order valence-corrected chi connectivity index (χ2v) is 4.55. The number of ether oxygens (including phenoxy) is 1. The highest BCUT2D eigenvalue weighted by atomic mass is 127. The van der Waals surface area contributed by atoms with Crippen molar-refractivity contribution in [3.8, 4) is 5.75 Å². The molecule has 1 aromatic carbocycles. The van der Waals surface area contributed by atoms with Crippen LogP contribution < -0.4 is 4.74 Å². The molecule has 0 amide bonds. The van der Waals surface area contributed by atoms with Gasteiger partial charge in [0.05, 0.1) is 15.2 Å². The zero-order valence-electron chi connectivity index (χ0n) is 7.11. The Kier molecular flexibility index (Phi) is 4.62. The number of halogens is 3. The molecule has 0 saturated heterocycles. The molecule has 0 heterocycles. The van der Waals surface area contributed by atoms with Gasteiger partial charge in [0, 0.05) is 5.02 Å². The maximum Gasteiger partial charge on any atom is 0.151 e. The molecule has 13 heavy (non-hydrogen) atoms. The first-order valence-electron chi connectivity index (χ1n) is 3.92. The second-order valence-electron chi connectivity index (χ2n) is 2.55. The second kappa shape index (κ2) is 5.27. The summed E-state index contributed by atoms with van der Waals surface area (Å²) in [5, 5.41) is 1.21. The van der Waals surface area contributed by atoms with Crippen molar-refractivity contribution >= 4 is 45.8 Å².